The number of carbonyl (C=O) groups is 1. The van der Waals surface area contributed by atoms with Crippen LogP contribution in [0.5, 0.6) is 0 Å². The van der Waals surface area contributed by atoms with Crippen LogP contribution in [0.25, 0.3) is 5.65 Å². The summed E-state index contributed by atoms with van der Waals surface area (Å²) in [5, 5.41) is 4.07. The van der Waals surface area contributed by atoms with Crippen molar-refractivity contribution in [1.82, 2.24) is 19.5 Å². The summed E-state index contributed by atoms with van der Waals surface area (Å²) in [5.74, 6) is 2.29. The van der Waals surface area contributed by atoms with E-state index in [1.165, 1.54) is 17.2 Å². The normalized spacial score (nSPS) is 22.0. The second kappa shape index (κ2) is 9.93. The predicted octanol–water partition coefficient (Wildman–Crippen LogP) is 6.11. The van der Waals surface area contributed by atoms with Crippen LogP contribution < -0.4 is 0 Å². The lowest BCUT2D eigenvalue weighted by Crippen LogP contribution is -2.36. The number of aromatic nitrogens is 3. The van der Waals surface area contributed by atoms with Crippen molar-refractivity contribution in [3.63, 3.8) is 0 Å². The molecule has 0 unspecified atom stereocenters. The molecule has 3 aliphatic rings. The van der Waals surface area contributed by atoms with Crippen LogP contribution in [0.3, 0.4) is 0 Å². The van der Waals surface area contributed by atoms with Gasteiger partial charge in [0.15, 0.2) is 5.65 Å². The summed E-state index contributed by atoms with van der Waals surface area (Å²) in [7, 11) is 0. The Morgan fingerprint density at radius 1 is 1.11 bits per heavy atom. The molecule has 37 heavy (non-hydrogen) atoms. The third-order valence-electron chi connectivity index (χ3n) is 8.02. The summed E-state index contributed by atoms with van der Waals surface area (Å²) in [6.07, 6.45) is 5.89. The molecule has 5 nitrogen and oxygen atoms in total. The van der Waals surface area contributed by atoms with E-state index in [4.69, 9.17) is 0 Å². The lowest BCUT2D eigenvalue weighted by Gasteiger charge is -2.31. The molecule has 6 rings (SSSR count). The lowest BCUT2D eigenvalue weighted by atomic mass is 9.80. The molecule has 4 heterocycles. The third-order valence-corrected chi connectivity index (χ3v) is 9.00. The molecule has 1 aromatic carbocycles. The average Bonchev–Trinajstić information content (AvgIpc) is 3.46. The molecule has 1 atom stereocenters. The van der Waals surface area contributed by atoms with E-state index in [9.17, 15) is 22.4 Å². The lowest BCUT2D eigenvalue weighted by molar-refractivity contribution is -0.136. The first-order chi connectivity index (χ1) is 17.6. The van der Waals surface area contributed by atoms with Gasteiger partial charge in [-0.2, -0.15) is 29.3 Å². The van der Waals surface area contributed by atoms with Crippen molar-refractivity contribution in [3.8, 4) is 0 Å². The van der Waals surface area contributed by atoms with E-state index >= 15 is 0 Å². The molecule has 1 spiro atoms. The maximum atomic E-state index is 13.8. The summed E-state index contributed by atoms with van der Waals surface area (Å²) in [6, 6.07) is 10.1. The summed E-state index contributed by atoms with van der Waals surface area (Å²) in [4.78, 5) is 19.7. The van der Waals surface area contributed by atoms with Crippen molar-refractivity contribution < 1.29 is 22.4 Å². The fourth-order valence-electron chi connectivity index (χ4n) is 6.21. The van der Waals surface area contributed by atoms with Gasteiger partial charge in [-0.25, -0.2) is 9.50 Å². The van der Waals surface area contributed by atoms with Crippen LogP contribution in [0.4, 0.5) is 17.6 Å². The van der Waals surface area contributed by atoms with Gasteiger partial charge in [0.25, 0.3) is 0 Å². The van der Waals surface area contributed by atoms with E-state index in [0.717, 1.165) is 55.0 Å². The van der Waals surface area contributed by atoms with Gasteiger partial charge in [-0.3, -0.25) is 4.79 Å². The molecule has 0 radical (unpaired) electrons. The summed E-state index contributed by atoms with van der Waals surface area (Å²) in [6.45, 7) is 2.28. The largest absolute Gasteiger partial charge is 0.379 e. The van der Waals surface area contributed by atoms with Crippen molar-refractivity contribution in [2.24, 2.45) is 5.41 Å². The number of rotatable bonds is 3. The molecule has 0 bridgehead atoms. The molecule has 2 aliphatic heterocycles. The fourth-order valence-corrected chi connectivity index (χ4v) is 7.49. The van der Waals surface area contributed by atoms with Crippen LogP contribution >= 0.6 is 11.8 Å². The fraction of sp³-hybridized carbons (Fsp3) is 0.519. The first-order valence-corrected chi connectivity index (χ1v) is 13.7. The zero-order valence-corrected chi connectivity index (χ0v) is 21.7. The Kier molecular flexibility index (Phi) is 6.98. The second-order valence-electron chi connectivity index (χ2n) is 10.8. The van der Waals surface area contributed by atoms with Crippen LogP contribution in [0, 0.1) is 11.4 Å². The van der Waals surface area contributed by atoms with E-state index < -0.39 is 12.6 Å². The smallest absolute Gasteiger partial charge is 0.338 e. The Balaban J connectivity index is 0.000000655. The van der Waals surface area contributed by atoms with Crippen molar-refractivity contribution in [3.05, 3.63) is 64.9 Å². The number of hydrogen-bond acceptors (Lipinski definition) is 4. The van der Waals surface area contributed by atoms with Crippen molar-refractivity contribution in [2.45, 2.75) is 64.1 Å². The number of fused-ring (bicyclic) bond motifs is 3. The maximum absolute atomic E-state index is 13.8. The van der Waals surface area contributed by atoms with Gasteiger partial charge in [0.1, 0.15) is 0 Å². The number of nitrogens with zero attached hydrogens (tertiary/aromatic N) is 4. The Hall–Kier alpha value is -2.62. The van der Waals surface area contributed by atoms with Gasteiger partial charge in [0, 0.05) is 42.2 Å². The highest BCUT2D eigenvalue weighted by Crippen LogP contribution is 2.48. The molecular weight excluding hydrogens is 504 g/mol. The van der Waals surface area contributed by atoms with Gasteiger partial charge in [-0.05, 0) is 48.3 Å². The minimum atomic E-state index is -3.67. The molecule has 0 saturated carbocycles. The van der Waals surface area contributed by atoms with Crippen LogP contribution in [0.15, 0.2) is 36.5 Å². The van der Waals surface area contributed by atoms with Crippen molar-refractivity contribution >= 4 is 23.3 Å². The van der Waals surface area contributed by atoms with E-state index in [2.05, 4.69) is 53.1 Å². The standard InChI is InChI=1S/C26H29FN4OS.CHF3/c1-25(2)14-19(20-15-28-22-13-21(27)29-31(22)23(20)25)18-5-3-17(4-6-18)16-30-10-7-26(24(30)32)8-11-33-12-9-26;2-1(3)4/h3-6,13,15,19H,7-12,14,16H2,1-2H3;1H/t19-;/m1./s1. The molecule has 3 aromatic rings. The number of thioether (sulfide) groups is 1. The zero-order chi connectivity index (χ0) is 26.4. The molecule has 2 aromatic heterocycles. The quantitative estimate of drug-likeness (QED) is 0.381. The van der Waals surface area contributed by atoms with Gasteiger partial charge in [0.2, 0.25) is 11.9 Å². The van der Waals surface area contributed by atoms with Crippen LogP contribution in [0.1, 0.15) is 67.8 Å². The SMILES string of the molecule is CC1(C)C[C@H](c2ccc(CN3CCC4(CCSCC4)C3=O)cc2)c2cnc3cc(F)nn3c21.FC(F)F. The van der Waals surface area contributed by atoms with Crippen molar-refractivity contribution in [2.75, 3.05) is 18.1 Å². The van der Waals surface area contributed by atoms with Gasteiger partial charge in [-0.1, -0.05) is 38.1 Å². The number of halogens is 4. The van der Waals surface area contributed by atoms with E-state index in [1.807, 2.05) is 18.0 Å². The number of hydrogen-bond donors (Lipinski definition) is 0. The predicted molar refractivity (Wildman–Crippen MR) is 135 cm³/mol. The minimum absolute atomic E-state index is 0.0886. The average molecular weight is 535 g/mol. The molecular formula is C27H30F4N4OS. The molecule has 2 saturated heterocycles. The summed E-state index contributed by atoms with van der Waals surface area (Å²) in [5.41, 5.74) is 4.91. The first kappa shape index (κ1) is 26.0. The number of benzene rings is 1. The Morgan fingerprint density at radius 3 is 2.46 bits per heavy atom. The topological polar surface area (TPSA) is 50.5 Å². The highest BCUT2D eigenvalue weighted by Gasteiger charge is 2.47. The van der Waals surface area contributed by atoms with Gasteiger partial charge >= 0.3 is 6.68 Å². The molecule has 1 aliphatic carbocycles. The monoisotopic (exact) mass is 534 g/mol. The molecule has 1 amide bonds. The van der Waals surface area contributed by atoms with E-state index in [0.29, 0.717) is 18.1 Å². The number of carbonyl (C=O) groups excluding carboxylic acids is 1. The Morgan fingerprint density at radius 2 is 1.78 bits per heavy atom. The molecule has 198 valence electrons. The highest BCUT2D eigenvalue weighted by atomic mass is 32.2. The third kappa shape index (κ3) is 4.96. The van der Waals surface area contributed by atoms with E-state index in [1.54, 1.807) is 4.52 Å². The number of alkyl halides is 3. The second-order valence-corrected chi connectivity index (χ2v) is 12.0. The number of amides is 1. The zero-order valence-electron chi connectivity index (χ0n) is 20.9. The van der Waals surface area contributed by atoms with Crippen molar-refractivity contribution in [1.29, 1.82) is 0 Å². The van der Waals surface area contributed by atoms with Gasteiger partial charge in [0.05, 0.1) is 11.1 Å². The van der Waals surface area contributed by atoms with Gasteiger partial charge < -0.3 is 4.90 Å². The number of likely N-dealkylation sites (tertiary alicyclic amines) is 1. The highest BCUT2D eigenvalue weighted by molar-refractivity contribution is 7.99. The Bertz CT molecular complexity index is 1280. The van der Waals surface area contributed by atoms with Crippen LogP contribution in [-0.2, 0) is 16.8 Å². The minimum Gasteiger partial charge on any atom is -0.338 e. The van der Waals surface area contributed by atoms with Crippen LogP contribution in [0.2, 0.25) is 0 Å². The Labute approximate surface area is 217 Å². The molecule has 10 heteroatoms. The molecule has 2 fully saturated rings. The van der Waals surface area contributed by atoms with Gasteiger partial charge in [-0.15, -0.1) is 5.10 Å². The first-order valence-electron chi connectivity index (χ1n) is 12.5. The maximum Gasteiger partial charge on any atom is 0.379 e. The summed E-state index contributed by atoms with van der Waals surface area (Å²) >= 11 is 1.97. The van der Waals surface area contributed by atoms with Crippen LogP contribution in [-0.4, -0.2) is 50.1 Å². The molecule has 0 N–H and O–H groups in total. The van der Waals surface area contributed by atoms with E-state index in [-0.39, 0.29) is 16.7 Å². The summed E-state index contributed by atoms with van der Waals surface area (Å²) < 4.78 is 44.5.